The SMILES string of the molecule is CCCOC(=O)c1ccc(-n2nnc(CN)c2C2CCC2)cc1. The van der Waals surface area contributed by atoms with Crippen LogP contribution in [0, 0.1) is 0 Å². The van der Waals surface area contributed by atoms with Gasteiger partial charge in [0, 0.05) is 12.5 Å². The van der Waals surface area contributed by atoms with Crippen LogP contribution in [0.5, 0.6) is 0 Å². The van der Waals surface area contributed by atoms with Crippen molar-refractivity contribution in [2.24, 2.45) is 5.73 Å². The summed E-state index contributed by atoms with van der Waals surface area (Å²) < 4.78 is 7.00. The van der Waals surface area contributed by atoms with Crippen LogP contribution >= 0.6 is 0 Å². The van der Waals surface area contributed by atoms with Gasteiger partial charge in [0.25, 0.3) is 0 Å². The Morgan fingerprint density at radius 2 is 2.09 bits per heavy atom. The lowest BCUT2D eigenvalue weighted by molar-refractivity contribution is 0.0505. The summed E-state index contributed by atoms with van der Waals surface area (Å²) in [4.78, 5) is 11.9. The zero-order chi connectivity index (χ0) is 16.2. The molecule has 0 atom stereocenters. The van der Waals surface area contributed by atoms with Crippen LogP contribution in [-0.4, -0.2) is 27.6 Å². The molecule has 0 bridgehead atoms. The summed E-state index contributed by atoms with van der Waals surface area (Å²) >= 11 is 0. The molecule has 6 nitrogen and oxygen atoms in total. The first-order valence-electron chi connectivity index (χ1n) is 8.16. The van der Waals surface area contributed by atoms with Gasteiger partial charge in [-0.1, -0.05) is 18.6 Å². The van der Waals surface area contributed by atoms with E-state index >= 15 is 0 Å². The lowest BCUT2D eigenvalue weighted by atomic mass is 9.82. The Hall–Kier alpha value is -2.21. The zero-order valence-corrected chi connectivity index (χ0v) is 13.4. The number of hydrogen-bond donors (Lipinski definition) is 1. The smallest absolute Gasteiger partial charge is 0.338 e. The Labute approximate surface area is 135 Å². The van der Waals surface area contributed by atoms with Crippen LogP contribution in [0.3, 0.4) is 0 Å². The second-order valence-electron chi connectivity index (χ2n) is 5.85. The largest absolute Gasteiger partial charge is 0.462 e. The number of carbonyl (C=O) groups is 1. The molecule has 0 spiro atoms. The maximum Gasteiger partial charge on any atom is 0.338 e. The first-order chi connectivity index (χ1) is 11.2. The number of hydrogen-bond acceptors (Lipinski definition) is 5. The molecule has 122 valence electrons. The van der Waals surface area contributed by atoms with Crippen molar-refractivity contribution in [3.63, 3.8) is 0 Å². The summed E-state index contributed by atoms with van der Waals surface area (Å²) in [6, 6.07) is 7.28. The standard InChI is InChI=1S/C17H22N4O2/c1-2-10-23-17(22)13-6-8-14(9-7-13)21-16(12-4-3-5-12)15(11-18)19-20-21/h6-9,12H,2-5,10-11,18H2,1H3. The fourth-order valence-electron chi connectivity index (χ4n) is 2.76. The van der Waals surface area contributed by atoms with Gasteiger partial charge in [-0.15, -0.1) is 5.10 Å². The molecule has 6 heteroatoms. The second kappa shape index (κ2) is 6.91. The third-order valence-corrected chi connectivity index (χ3v) is 4.25. The summed E-state index contributed by atoms with van der Waals surface area (Å²) in [6.45, 7) is 2.81. The van der Waals surface area contributed by atoms with Crippen LogP contribution in [0.1, 0.15) is 60.3 Å². The fourth-order valence-corrected chi connectivity index (χ4v) is 2.76. The minimum absolute atomic E-state index is 0.293. The molecule has 1 aromatic carbocycles. The third-order valence-electron chi connectivity index (χ3n) is 4.25. The van der Waals surface area contributed by atoms with Gasteiger partial charge in [-0.25, -0.2) is 9.48 Å². The third kappa shape index (κ3) is 3.12. The Bertz CT molecular complexity index is 674. The number of aromatic nitrogens is 3. The van der Waals surface area contributed by atoms with Gasteiger partial charge in [-0.05, 0) is 43.5 Å². The molecule has 1 aliphatic carbocycles. The predicted molar refractivity (Wildman–Crippen MR) is 86.4 cm³/mol. The van der Waals surface area contributed by atoms with Crippen molar-refractivity contribution in [2.45, 2.75) is 45.1 Å². The van der Waals surface area contributed by atoms with Gasteiger partial charge >= 0.3 is 5.97 Å². The van der Waals surface area contributed by atoms with Crippen molar-refractivity contribution in [3.8, 4) is 5.69 Å². The minimum atomic E-state index is -0.293. The molecule has 1 aliphatic rings. The maximum absolute atomic E-state index is 11.9. The molecule has 1 fully saturated rings. The average Bonchev–Trinajstić information content (AvgIpc) is 2.94. The van der Waals surface area contributed by atoms with Crippen LogP contribution in [0.25, 0.3) is 5.69 Å². The van der Waals surface area contributed by atoms with E-state index in [2.05, 4.69) is 10.3 Å². The molecule has 1 heterocycles. The van der Waals surface area contributed by atoms with E-state index in [0.29, 0.717) is 24.6 Å². The number of rotatable bonds is 6. The quantitative estimate of drug-likeness (QED) is 0.829. The first-order valence-corrected chi connectivity index (χ1v) is 8.16. The summed E-state index contributed by atoms with van der Waals surface area (Å²) in [5.41, 5.74) is 9.21. The van der Waals surface area contributed by atoms with Crippen molar-refractivity contribution < 1.29 is 9.53 Å². The van der Waals surface area contributed by atoms with E-state index in [4.69, 9.17) is 10.5 Å². The highest BCUT2D eigenvalue weighted by Crippen LogP contribution is 2.38. The molecule has 2 N–H and O–H groups in total. The number of nitrogens with two attached hydrogens (primary N) is 1. The lowest BCUT2D eigenvalue weighted by Crippen LogP contribution is -2.17. The highest BCUT2D eigenvalue weighted by molar-refractivity contribution is 5.89. The summed E-state index contributed by atoms with van der Waals surface area (Å²) in [5.74, 6) is 0.191. The normalized spacial score (nSPS) is 14.5. The Kier molecular flexibility index (Phi) is 4.71. The van der Waals surface area contributed by atoms with E-state index < -0.39 is 0 Å². The molecule has 23 heavy (non-hydrogen) atoms. The number of ether oxygens (including phenoxy) is 1. The van der Waals surface area contributed by atoms with Crippen LogP contribution < -0.4 is 5.73 Å². The minimum Gasteiger partial charge on any atom is -0.462 e. The van der Waals surface area contributed by atoms with Crippen LogP contribution in [0.2, 0.25) is 0 Å². The molecule has 0 amide bonds. The number of nitrogens with zero attached hydrogens (tertiary/aromatic N) is 3. The Morgan fingerprint density at radius 3 is 2.65 bits per heavy atom. The fraction of sp³-hybridized carbons (Fsp3) is 0.471. The van der Waals surface area contributed by atoms with Crippen LogP contribution in [0.4, 0.5) is 0 Å². The van der Waals surface area contributed by atoms with E-state index in [1.54, 1.807) is 12.1 Å². The van der Waals surface area contributed by atoms with Gasteiger partial charge in [0.15, 0.2) is 0 Å². The van der Waals surface area contributed by atoms with Gasteiger partial charge < -0.3 is 10.5 Å². The predicted octanol–water partition coefficient (Wildman–Crippen LogP) is 2.56. The molecule has 0 saturated heterocycles. The van der Waals surface area contributed by atoms with Crippen molar-refractivity contribution >= 4 is 5.97 Å². The van der Waals surface area contributed by atoms with Crippen molar-refractivity contribution in [2.75, 3.05) is 6.61 Å². The summed E-state index contributed by atoms with van der Waals surface area (Å²) in [5, 5.41) is 8.46. The number of benzene rings is 1. The second-order valence-corrected chi connectivity index (χ2v) is 5.85. The molecule has 0 unspecified atom stereocenters. The highest BCUT2D eigenvalue weighted by atomic mass is 16.5. The summed E-state index contributed by atoms with van der Waals surface area (Å²) in [6.07, 6.45) is 4.36. The van der Waals surface area contributed by atoms with Crippen molar-refractivity contribution in [3.05, 3.63) is 41.2 Å². The maximum atomic E-state index is 11.9. The Morgan fingerprint density at radius 1 is 1.35 bits per heavy atom. The van der Waals surface area contributed by atoms with E-state index in [-0.39, 0.29) is 5.97 Å². The summed E-state index contributed by atoms with van der Waals surface area (Å²) in [7, 11) is 0. The molecule has 0 aliphatic heterocycles. The van der Waals surface area contributed by atoms with E-state index in [0.717, 1.165) is 36.3 Å². The molecule has 2 aromatic rings. The molecular weight excluding hydrogens is 292 g/mol. The number of carbonyl (C=O) groups excluding carboxylic acids is 1. The van der Waals surface area contributed by atoms with Crippen LogP contribution in [0.15, 0.2) is 24.3 Å². The highest BCUT2D eigenvalue weighted by Gasteiger charge is 2.27. The number of esters is 1. The van der Waals surface area contributed by atoms with Crippen molar-refractivity contribution in [1.29, 1.82) is 0 Å². The molecular formula is C17H22N4O2. The van der Waals surface area contributed by atoms with Crippen molar-refractivity contribution in [1.82, 2.24) is 15.0 Å². The average molecular weight is 314 g/mol. The Balaban J connectivity index is 1.85. The lowest BCUT2D eigenvalue weighted by Gasteiger charge is -2.26. The van der Waals surface area contributed by atoms with Gasteiger partial charge in [0.2, 0.25) is 0 Å². The van der Waals surface area contributed by atoms with Gasteiger partial charge in [-0.3, -0.25) is 0 Å². The van der Waals surface area contributed by atoms with Gasteiger partial charge in [-0.2, -0.15) is 0 Å². The first kappa shape index (κ1) is 15.7. The topological polar surface area (TPSA) is 83.0 Å². The monoisotopic (exact) mass is 314 g/mol. The van der Waals surface area contributed by atoms with E-state index in [1.807, 2.05) is 23.7 Å². The molecule has 1 saturated carbocycles. The van der Waals surface area contributed by atoms with Gasteiger partial charge in [0.1, 0.15) is 5.69 Å². The van der Waals surface area contributed by atoms with Gasteiger partial charge in [0.05, 0.1) is 23.6 Å². The zero-order valence-electron chi connectivity index (χ0n) is 13.4. The molecule has 0 radical (unpaired) electrons. The van der Waals surface area contributed by atoms with E-state index in [9.17, 15) is 4.79 Å². The molecule has 3 rings (SSSR count). The van der Waals surface area contributed by atoms with E-state index in [1.165, 1.54) is 6.42 Å². The van der Waals surface area contributed by atoms with Crippen LogP contribution in [-0.2, 0) is 11.3 Å². The molecule has 1 aromatic heterocycles.